The van der Waals surface area contributed by atoms with Gasteiger partial charge in [0.15, 0.2) is 5.82 Å². The van der Waals surface area contributed by atoms with Gasteiger partial charge < -0.3 is 9.88 Å². The second-order valence-electron chi connectivity index (χ2n) is 8.98. The summed E-state index contributed by atoms with van der Waals surface area (Å²) in [5.74, 6) is 1.43. The van der Waals surface area contributed by atoms with Crippen LogP contribution in [0.5, 0.6) is 0 Å². The molecule has 0 bridgehead atoms. The molecule has 0 unspecified atom stereocenters. The van der Waals surface area contributed by atoms with Crippen LogP contribution in [0.3, 0.4) is 0 Å². The van der Waals surface area contributed by atoms with E-state index in [1.807, 2.05) is 56.3 Å². The highest BCUT2D eigenvalue weighted by molar-refractivity contribution is 6.44. The number of anilines is 2. The fraction of sp³-hybridized carbons (Fsp3) is 0.346. The van der Waals surface area contributed by atoms with E-state index in [-0.39, 0.29) is 18.2 Å². The first-order valence-corrected chi connectivity index (χ1v) is 11.8. The summed E-state index contributed by atoms with van der Waals surface area (Å²) in [5, 5.41) is 17.6. The summed E-state index contributed by atoms with van der Waals surface area (Å²) in [6.07, 6.45) is 4.94. The van der Waals surface area contributed by atoms with Gasteiger partial charge >= 0.3 is 0 Å². The monoisotopic (exact) mass is 456 g/mol. The number of amides is 2. The Hall–Kier alpha value is -3.81. The van der Waals surface area contributed by atoms with E-state index in [0.29, 0.717) is 23.5 Å². The van der Waals surface area contributed by atoms with Crippen molar-refractivity contribution in [2.75, 3.05) is 10.3 Å². The normalized spacial score (nSPS) is 16.0. The van der Waals surface area contributed by atoms with Crippen LogP contribution in [0, 0.1) is 13.8 Å². The van der Waals surface area contributed by atoms with Gasteiger partial charge in [0, 0.05) is 37.1 Å². The molecule has 2 aromatic carbocycles. The second-order valence-corrected chi connectivity index (χ2v) is 8.98. The van der Waals surface area contributed by atoms with Gasteiger partial charge in [0.05, 0.1) is 5.69 Å². The third-order valence-electron chi connectivity index (χ3n) is 6.38. The molecule has 2 aliphatic rings. The van der Waals surface area contributed by atoms with Crippen molar-refractivity contribution in [2.45, 2.75) is 58.9 Å². The van der Waals surface area contributed by atoms with E-state index < -0.39 is 0 Å². The molecule has 0 saturated carbocycles. The molecule has 0 radical (unpaired) electrons. The molecule has 3 aromatic rings. The van der Waals surface area contributed by atoms with Gasteiger partial charge in [-0.05, 0) is 56.0 Å². The number of hydrazone groups is 1. The van der Waals surface area contributed by atoms with Crippen molar-refractivity contribution in [3.63, 3.8) is 0 Å². The highest BCUT2D eigenvalue weighted by Gasteiger charge is 2.27. The van der Waals surface area contributed by atoms with Crippen LogP contribution < -0.4 is 10.3 Å². The average Bonchev–Trinajstić information content (AvgIpc) is 3.09. The van der Waals surface area contributed by atoms with Crippen molar-refractivity contribution in [1.82, 2.24) is 14.8 Å². The van der Waals surface area contributed by atoms with Crippen molar-refractivity contribution in [1.29, 1.82) is 0 Å². The van der Waals surface area contributed by atoms with Crippen LogP contribution in [0.4, 0.5) is 11.4 Å². The molecule has 8 nitrogen and oxygen atoms in total. The fourth-order valence-electron chi connectivity index (χ4n) is 4.49. The fourth-order valence-corrected chi connectivity index (χ4v) is 4.49. The molecule has 0 aliphatic carbocycles. The number of rotatable bonds is 4. The number of hydrogen-bond donors (Lipinski definition) is 1. The Bertz CT molecular complexity index is 1290. The molecule has 0 saturated heterocycles. The summed E-state index contributed by atoms with van der Waals surface area (Å²) in [7, 11) is 0. The van der Waals surface area contributed by atoms with Crippen LogP contribution in [-0.2, 0) is 22.6 Å². The van der Waals surface area contributed by atoms with Gasteiger partial charge in [-0.1, -0.05) is 30.7 Å². The molecule has 0 spiro atoms. The van der Waals surface area contributed by atoms with E-state index in [1.54, 1.807) is 0 Å². The smallest absolute Gasteiger partial charge is 0.271 e. The molecule has 34 heavy (non-hydrogen) atoms. The molecule has 0 atom stereocenters. The predicted octanol–water partition coefficient (Wildman–Crippen LogP) is 4.41. The standard InChI is InChI=1S/C26H28N6O2/c1-17-10-11-18(2)22(15-17)32-24(33)13-12-21(30-32)26(34)27-20-8-6-7-19(16-20)25-29-28-23-9-4-3-5-14-31(23)25/h6-8,10-11,15-16H,3-5,9,12-14H2,1-2H3,(H,27,34). The minimum atomic E-state index is -0.306. The van der Waals surface area contributed by atoms with Crippen molar-refractivity contribution >= 4 is 28.9 Å². The van der Waals surface area contributed by atoms with Gasteiger partial charge in [-0.15, -0.1) is 10.2 Å². The molecular formula is C26H28N6O2. The number of aromatic nitrogens is 3. The topological polar surface area (TPSA) is 92.5 Å². The van der Waals surface area contributed by atoms with Gasteiger partial charge in [-0.3, -0.25) is 9.59 Å². The van der Waals surface area contributed by atoms with Gasteiger partial charge in [0.25, 0.3) is 5.91 Å². The third-order valence-corrected chi connectivity index (χ3v) is 6.38. The summed E-state index contributed by atoms with van der Waals surface area (Å²) < 4.78 is 2.19. The first-order valence-electron chi connectivity index (χ1n) is 11.8. The molecule has 8 heteroatoms. The van der Waals surface area contributed by atoms with Crippen LogP contribution in [0.25, 0.3) is 11.4 Å². The maximum atomic E-state index is 13.1. The van der Waals surface area contributed by atoms with Gasteiger partial charge in [-0.25, -0.2) is 5.01 Å². The Balaban J connectivity index is 1.38. The lowest BCUT2D eigenvalue weighted by Gasteiger charge is -2.24. The van der Waals surface area contributed by atoms with Gasteiger partial charge in [0.2, 0.25) is 5.91 Å². The summed E-state index contributed by atoms with van der Waals surface area (Å²) in [6.45, 7) is 4.81. The number of fused-ring (bicyclic) bond motifs is 1. The van der Waals surface area contributed by atoms with E-state index in [9.17, 15) is 9.59 Å². The quantitative estimate of drug-likeness (QED) is 0.629. The maximum absolute atomic E-state index is 13.1. The molecule has 1 aromatic heterocycles. The van der Waals surface area contributed by atoms with Gasteiger partial charge in [0.1, 0.15) is 11.5 Å². The Labute approximate surface area is 198 Å². The maximum Gasteiger partial charge on any atom is 0.271 e. The van der Waals surface area contributed by atoms with E-state index in [1.165, 1.54) is 11.4 Å². The Morgan fingerprint density at radius 2 is 1.85 bits per heavy atom. The third kappa shape index (κ3) is 4.35. The van der Waals surface area contributed by atoms with E-state index in [2.05, 4.69) is 25.2 Å². The number of benzene rings is 2. The summed E-state index contributed by atoms with van der Waals surface area (Å²) in [5.41, 5.74) is 4.59. The zero-order valence-electron chi connectivity index (χ0n) is 19.5. The number of aryl methyl sites for hydroxylation is 3. The Morgan fingerprint density at radius 3 is 2.74 bits per heavy atom. The molecule has 2 aliphatic heterocycles. The molecule has 174 valence electrons. The predicted molar refractivity (Wildman–Crippen MR) is 132 cm³/mol. The van der Waals surface area contributed by atoms with E-state index in [4.69, 9.17) is 0 Å². The second kappa shape index (κ2) is 9.21. The molecule has 0 fully saturated rings. The molecule has 5 rings (SSSR count). The first kappa shape index (κ1) is 22.0. The molecule has 2 amide bonds. The number of nitrogens with one attached hydrogen (secondary N) is 1. The Morgan fingerprint density at radius 1 is 0.971 bits per heavy atom. The lowest BCUT2D eigenvalue weighted by Crippen LogP contribution is -2.36. The zero-order valence-corrected chi connectivity index (χ0v) is 19.5. The van der Waals surface area contributed by atoms with Crippen LogP contribution in [-0.4, -0.2) is 32.3 Å². The number of carbonyl (C=O) groups is 2. The van der Waals surface area contributed by atoms with E-state index in [0.717, 1.165) is 54.1 Å². The minimum absolute atomic E-state index is 0.111. The van der Waals surface area contributed by atoms with Crippen molar-refractivity contribution in [3.8, 4) is 11.4 Å². The highest BCUT2D eigenvalue weighted by atomic mass is 16.2. The van der Waals surface area contributed by atoms with E-state index >= 15 is 0 Å². The van der Waals surface area contributed by atoms with Gasteiger partial charge in [-0.2, -0.15) is 5.10 Å². The molecule has 1 N–H and O–H groups in total. The van der Waals surface area contributed by atoms with Crippen LogP contribution in [0.15, 0.2) is 47.6 Å². The average molecular weight is 457 g/mol. The first-order chi connectivity index (χ1) is 16.5. The van der Waals surface area contributed by atoms with Crippen LogP contribution in [0.2, 0.25) is 0 Å². The molecular weight excluding hydrogens is 428 g/mol. The number of hydrogen-bond acceptors (Lipinski definition) is 5. The SMILES string of the molecule is Cc1ccc(C)c(N2N=C(C(=O)Nc3cccc(-c4nnc5n4CCCCC5)c3)CCC2=O)c1. The van der Waals surface area contributed by atoms with Crippen molar-refractivity contribution in [3.05, 3.63) is 59.4 Å². The highest BCUT2D eigenvalue weighted by Crippen LogP contribution is 2.27. The lowest BCUT2D eigenvalue weighted by molar-refractivity contribution is -0.118. The van der Waals surface area contributed by atoms with Crippen LogP contribution in [0.1, 0.15) is 49.1 Å². The van der Waals surface area contributed by atoms with Crippen LogP contribution >= 0.6 is 0 Å². The lowest BCUT2D eigenvalue weighted by atomic mass is 10.1. The minimum Gasteiger partial charge on any atom is -0.321 e. The van der Waals surface area contributed by atoms with Crippen molar-refractivity contribution < 1.29 is 9.59 Å². The summed E-state index contributed by atoms with van der Waals surface area (Å²) >= 11 is 0. The zero-order chi connectivity index (χ0) is 23.7. The molecule has 3 heterocycles. The largest absolute Gasteiger partial charge is 0.321 e. The number of nitrogens with zero attached hydrogens (tertiary/aromatic N) is 5. The Kier molecular flexibility index (Phi) is 5.96. The van der Waals surface area contributed by atoms with Crippen molar-refractivity contribution in [2.24, 2.45) is 5.10 Å². The summed E-state index contributed by atoms with van der Waals surface area (Å²) in [6, 6.07) is 13.5. The summed E-state index contributed by atoms with van der Waals surface area (Å²) in [4.78, 5) is 25.6. The number of carbonyl (C=O) groups excluding carboxylic acids is 2.